The molecule has 9 heteroatoms. The first-order valence-electron chi connectivity index (χ1n) is 7.50. The molecule has 2 aromatic rings. The molecule has 0 aliphatic rings. The first-order chi connectivity index (χ1) is 11.7. The van der Waals surface area contributed by atoms with Gasteiger partial charge in [0.2, 0.25) is 5.91 Å². The van der Waals surface area contributed by atoms with E-state index in [1.54, 1.807) is 22.9 Å². The van der Waals surface area contributed by atoms with Gasteiger partial charge in [-0.3, -0.25) is 14.9 Å². The van der Waals surface area contributed by atoms with E-state index in [2.05, 4.69) is 20.7 Å². The molecule has 134 valence electrons. The zero-order chi connectivity index (χ0) is 18.6. The second-order valence-electron chi connectivity index (χ2n) is 6.32. The van der Waals surface area contributed by atoms with Crippen molar-refractivity contribution in [2.45, 2.75) is 26.3 Å². The number of aromatic nitrogens is 2. The third-order valence-corrected chi connectivity index (χ3v) is 3.32. The van der Waals surface area contributed by atoms with Gasteiger partial charge in [-0.25, -0.2) is 15.0 Å². The van der Waals surface area contributed by atoms with Crippen molar-refractivity contribution in [1.29, 1.82) is 0 Å². The van der Waals surface area contributed by atoms with Crippen molar-refractivity contribution < 1.29 is 14.4 Å². The number of amides is 3. The number of hydrogen-bond donors (Lipinski definition) is 3. The maximum atomic E-state index is 11.9. The largest absolute Gasteiger partial charge is 0.368 e. The highest BCUT2D eigenvalue weighted by atomic mass is 35.5. The standard InChI is InChI=1S/C16H20ClN5O3/c1-16(2,3)22-14(19-15(24)21-25-9-13(18)23)8-12(20-22)10-5-4-6-11(17)7-10/h4-8H,9H2,1-3H3,(H2,18,23)(H2,19,21,24). The van der Waals surface area contributed by atoms with Crippen LogP contribution in [0.2, 0.25) is 5.02 Å². The summed E-state index contributed by atoms with van der Waals surface area (Å²) >= 11 is 6.03. The number of rotatable bonds is 5. The van der Waals surface area contributed by atoms with E-state index in [9.17, 15) is 9.59 Å². The zero-order valence-corrected chi connectivity index (χ0v) is 14.9. The Bertz CT molecular complexity index is 782. The normalized spacial score (nSPS) is 11.2. The molecule has 0 atom stereocenters. The van der Waals surface area contributed by atoms with E-state index in [-0.39, 0.29) is 5.54 Å². The van der Waals surface area contributed by atoms with Gasteiger partial charge in [-0.15, -0.1) is 0 Å². The molecule has 2 rings (SSSR count). The van der Waals surface area contributed by atoms with Gasteiger partial charge in [0.25, 0.3) is 0 Å². The first-order valence-corrected chi connectivity index (χ1v) is 7.88. The lowest BCUT2D eigenvalue weighted by atomic mass is 10.1. The Kier molecular flexibility index (Phi) is 5.66. The maximum absolute atomic E-state index is 11.9. The summed E-state index contributed by atoms with van der Waals surface area (Å²) in [7, 11) is 0. The molecule has 0 bridgehead atoms. The fourth-order valence-corrected chi connectivity index (χ4v) is 2.28. The number of urea groups is 1. The predicted molar refractivity (Wildman–Crippen MR) is 95.0 cm³/mol. The molecule has 8 nitrogen and oxygen atoms in total. The van der Waals surface area contributed by atoms with Crippen molar-refractivity contribution >= 4 is 29.4 Å². The van der Waals surface area contributed by atoms with Crippen LogP contribution in [-0.4, -0.2) is 28.3 Å². The highest BCUT2D eigenvalue weighted by Gasteiger charge is 2.21. The van der Waals surface area contributed by atoms with E-state index < -0.39 is 18.5 Å². The van der Waals surface area contributed by atoms with Crippen molar-refractivity contribution in [2.24, 2.45) is 5.73 Å². The molecule has 0 spiro atoms. The van der Waals surface area contributed by atoms with Crippen LogP contribution in [0.5, 0.6) is 0 Å². The van der Waals surface area contributed by atoms with Crippen molar-refractivity contribution in [3.63, 3.8) is 0 Å². The molecule has 3 amide bonds. The van der Waals surface area contributed by atoms with Crippen LogP contribution in [0.25, 0.3) is 11.3 Å². The minimum absolute atomic E-state index is 0.381. The SMILES string of the molecule is CC(C)(C)n1nc(-c2cccc(Cl)c2)cc1NC(=O)NOCC(N)=O. The quantitative estimate of drug-likeness (QED) is 0.706. The highest BCUT2D eigenvalue weighted by Crippen LogP contribution is 2.28. The van der Waals surface area contributed by atoms with E-state index in [1.165, 1.54) is 0 Å². The number of nitrogens with zero attached hydrogens (tertiary/aromatic N) is 2. The summed E-state index contributed by atoms with van der Waals surface area (Å²) in [5, 5.41) is 7.78. The van der Waals surface area contributed by atoms with Crippen LogP contribution < -0.4 is 16.5 Å². The van der Waals surface area contributed by atoms with Gasteiger partial charge in [0, 0.05) is 16.7 Å². The predicted octanol–water partition coefficient (Wildman–Crippen LogP) is 2.50. The second kappa shape index (κ2) is 7.54. The number of benzene rings is 1. The summed E-state index contributed by atoms with van der Waals surface area (Å²) in [5.41, 5.74) is 8.12. The minimum Gasteiger partial charge on any atom is -0.368 e. The molecule has 0 saturated carbocycles. The fraction of sp³-hybridized carbons (Fsp3) is 0.312. The summed E-state index contributed by atoms with van der Waals surface area (Å²) in [4.78, 5) is 27.2. The molecule has 1 aromatic heterocycles. The summed E-state index contributed by atoms with van der Waals surface area (Å²) in [6, 6.07) is 8.34. The van der Waals surface area contributed by atoms with E-state index in [4.69, 9.17) is 17.3 Å². The first kappa shape index (κ1) is 18.8. The average molecular weight is 366 g/mol. The van der Waals surface area contributed by atoms with E-state index in [1.807, 2.05) is 32.9 Å². The smallest absolute Gasteiger partial charge is 0.344 e. The van der Waals surface area contributed by atoms with Crippen LogP contribution in [-0.2, 0) is 15.2 Å². The Hall–Kier alpha value is -2.58. The van der Waals surface area contributed by atoms with Crippen molar-refractivity contribution in [2.75, 3.05) is 11.9 Å². The monoisotopic (exact) mass is 365 g/mol. The van der Waals surface area contributed by atoms with Crippen LogP contribution in [0, 0.1) is 0 Å². The minimum atomic E-state index is -0.691. The molecule has 0 saturated heterocycles. The summed E-state index contributed by atoms with van der Waals surface area (Å²) in [5.74, 6) is -0.231. The highest BCUT2D eigenvalue weighted by molar-refractivity contribution is 6.30. The lowest BCUT2D eigenvalue weighted by molar-refractivity contribution is -0.124. The van der Waals surface area contributed by atoms with Crippen LogP contribution in [0.3, 0.4) is 0 Å². The molecule has 0 unspecified atom stereocenters. The molecular weight excluding hydrogens is 346 g/mol. The van der Waals surface area contributed by atoms with Crippen LogP contribution in [0.1, 0.15) is 20.8 Å². The zero-order valence-electron chi connectivity index (χ0n) is 14.2. The van der Waals surface area contributed by atoms with Gasteiger partial charge < -0.3 is 5.73 Å². The molecule has 0 radical (unpaired) electrons. The van der Waals surface area contributed by atoms with Crippen LogP contribution in [0.4, 0.5) is 10.6 Å². The summed E-state index contributed by atoms with van der Waals surface area (Å²) < 4.78 is 1.68. The van der Waals surface area contributed by atoms with Gasteiger partial charge in [0.1, 0.15) is 5.82 Å². The molecule has 25 heavy (non-hydrogen) atoms. The third kappa shape index (κ3) is 5.20. The number of nitrogens with two attached hydrogens (primary N) is 1. The number of carbonyl (C=O) groups excluding carboxylic acids is 2. The number of carbonyl (C=O) groups is 2. The lowest BCUT2D eigenvalue weighted by Crippen LogP contribution is -2.34. The van der Waals surface area contributed by atoms with E-state index in [0.717, 1.165) is 5.56 Å². The van der Waals surface area contributed by atoms with Crippen molar-refractivity contribution in [3.05, 3.63) is 35.4 Å². The molecule has 0 aliphatic heterocycles. The third-order valence-electron chi connectivity index (χ3n) is 3.09. The molecular formula is C16H20ClN5O3. The van der Waals surface area contributed by atoms with Gasteiger partial charge in [-0.2, -0.15) is 5.10 Å². The fourth-order valence-electron chi connectivity index (χ4n) is 2.08. The lowest BCUT2D eigenvalue weighted by Gasteiger charge is -2.22. The Morgan fingerprint density at radius 3 is 2.64 bits per heavy atom. The summed E-state index contributed by atoms with van der Waals surface area (Å²) in [6.07, 6.45) is 0. The van der Waals surface area contributed by atoms with Crippen LogP contribution >= 0.6 is 11.6 Å². The Balaban J connectivity index is 2.24. The van der Waals surface area contributed by atoms with Crippen molar-refractivity contribution in [3.8, 4) is 11.3 Å². The van der Waals surface area contributed by atoms with Gasteiger partial charge in [0.05, 0.1) is 11.2 Å². The van der Waals surface area contributed by atoms with Crippen LogP contribution in [0.15, 0.2) is 30.3 Å². The molecule has 1 heterocycles. The topological polar surface area (TPSA) is 111 Å². The Morgan fingerprint density at radius 1 is 1.32 bits per heavy atom. The number of hydrogen-bond acceptors (Lipinski definition) is 4. The molecule has 4 N–H and O–H groups in total. The van der Waals surface area contributed by atoms with E-state index in [0.29, 0.717) is 16.5 Å². The molecule has 0 fully saturated rings. The number of halogens is 1. The number of anilines is 1. The molecule has 1 aromatic carbocycles. The number of primary amides is 1. The molecule has 0 aliphatic carbocycles. The van der Waals surface area contributed by atoms with Gasteiger partial charge in [0.15, 0.2) is 6.61 Å². The van der Waals surface area contributed by atoms with E-state index >= 15 is 0 Å². The number of hydroxylamine groups is 1. The average Bonchev–Trinajstić information content (AvgIpc) is 2.90. The Labute approximate surface area is 150 Å². The van der Waals surface area contributed by atoms with Gasteiger partial charge in [-0.1, -0.05) is 23.7 Å². The second-order valence-corrected chi connectivity index (χ2v) is 6.76. The van der Waals surface area contributed by atoms with Gasteiger partial charge in [-0.05, 0) is 32.9 Å². The number of nitrogens with one attached hydrogen (secondary N) is 2. The van der Waals surface area contributed by atoms with Crippen molar-refractivity contribution in [1.82, 2.24) is 15.3 Å². The summed E-state index contributed by atoms with van der Waals surface area (Å²) in [6.45, 7) is 5.44. The van der Waals surface area contributed by atoms with Gasteiger partial charge >= 0.3 is 6.03 Å². The maximum Gasteiger partial charge on any atom is 0.344 e. The Morgan fingerprint density at radius 2 is 2.04 bits per heavy atom.